The van der Waals surface area contributed by atoms with Crippen molar-refractivity contribution < 1.29 is 41.9 Å². The number of sulfone groups is 1. The minimum atomic E-state index is -3.60. The SMILES string of the molecule is Cc1cc(Nc2ncc(Cl)c(Nc3ccccc3S(=O)(=O)C(C)C)n2)c(OC(C)C)cc1C1CCN(CC(=O)NCCOc2cccc3c2C(=O)N(C2CCC(=O)NC2=O)C3=O)CC1. The van der Waals surface area contributed by atoms with Crippen molar-refractivity contribution in [3.63, 3.8) is 0 Å². The number of halogens is 1. The first-order valence-corrected chi connectivity index (χ1v) is 23.1. The average molecular weight is 915 g/mol. The van der Waals surface area contributed by atoms with Gasteiger partial charge in [0.2, 0.25) is 23.7 Å². The number of ether oxygens (including phenoxy) is 2. The van der Waals surface area contributed by atoms with E-state index in [2.05, 4.69) is 36.1 Å². The summed E-state index contributed by atoms with van der Waals surface area (Å²) in [5, 5.41) is 11.0. The highest BCUT2D eigenvalue weighted by Crippen LogP contribution is 2.39. The number of nitrogens with zero attached hydrogens (tertiary/aromatic N) is 4. The van der Waals surface area contributed by atoms with Crippen LogP contribution in [0, 0.1) is 6.92 Å². The van der Waals surface area contributed by atoms with Crippen LogP contribution in [0.25, 0.3) is 0 Å². The topological polar surface area (TPSA) is 218 Å². The zero-order valence-electron chi connectivity index (χ0n) is 36.2. The fraction of sp³-hybridized carbons (Fsp3) is 0.400. The zero-order chi connectivity index (χ0) is 45.9. The summed E-state index contributed by atoms with van der Waals surface area (Å²) in [6.45, 7) is 11.0. The number of anilines is 4. The van der Waals surface area contributed by atoms with Gasteiger partial charge in [-0.05, 0) is 120 Å². The fourth-order valence-electron chi connectivity index (χ4n) is 8.04. The van der Waals surface area contributed by atoms with E-state index in [1.807, 2.05) is 32.9 Å². The van der Waals surface area contributed by atoms with Crippen LogP contribution in [0.15, 0.2) is 65.7 Å². The Morgan fingerprint density at radius 1 is 0.938 bits per heavy atom. The van der Waals surface area contributed by atoms with E-state index in [9.17, 15) is 32.4 Å². The van der Waals surface area contributed by atoms with Crippen molar-refractivity contribution in [3.8, 4) is 11.5 Å². The number of hydrogen-bond acceptors (Lipinski definition) is 14. The summed E-state index contributed by atoms with van der Waals surface area (Å²) in [4.78, 5) is 75.7. The number of fused-ring (bicyclic) bond motifs is 1. The number of imide groups is 2. The number of para-hydroxylation sites is 1. The third kappa shape index (κ3) is 9.98. The molecular weight excluding hydrogens is 864 g/mol. The third-order valence-corrected chi connectivity index (χ3v) is 13.8. The number of rotatable bonds is 16. The Labute approximate surface area is 376 Å². The summed E-state index contributed by atoms with van der Waals surface area (Å²) in [5.41, 5.74) is 3.33. The Kier molecular flexibility index (Phi) is 13.9. The second-order valence-electron chi connectivity index (χ2n) is 16.5. The van der Waals surface area contributed by atoms with E-state index in [4.69, 9.17) is 21.1 Å². The molecule has 0 aliphatic carbocycles. The van der Waals surface area contributed by atoms with Gasteiger partial charge in [0, 0.05) is 6.42 Å². The number of benzene rings is 3. The Balaban J connectivity index is 0.930. The van der Waals surface area contributed by atoms with Crippen LogP contribution in [0.3, 0.4) is 0 Å². The smallest absolute Gasteiger partial charge is 0.266 e. The number of likely N-dealkylation sites (tertiary alicyclic amines) is 1. The van der Waals surface area contributed by atoms with Crippen molar-refractivity contribution >= 4 is 74.1 Å². The average Bonchev–Trinajstić information content (AvgIpc) is 3.50. The van der Waals surface area contributed by atoms with Gasteiger partial charge >= 0.3 is 0 Å². The van der Waals surface area contributed by atoms with E-state index in [-0.39, 0.29) is 89.0 Å². The molecule has 3 aromatic carbocycles. The van der Waals surface area contributed by atoms with Crippen molar-refractivity contribution in [2.24, 2.45) is 0 Å². The van der Waals surface area contributed by atoms with E-state index in [0.717, 1.165) is 28.9 Å². The highest BCUT2D eigenvalue weighted by molar-refractivity contribution is 7.92. The molecule has 0 spiro atoms. The molecular formula is C45H51ClN8O9S. The molecule has 0 radical (unpaired) electrons. The molecule has 5 amide bonds. The van der Waals surface area contributed by atoms with Crippen molar-refractivity contribution in [2.75, 3.05) is 43.4 Å². The molecule has 64 heavy (non-hydrogen) atoms. The molecule has 338 valence electrons. The number of piperidine rings is 2. The van der Waals surface area contributed by atoms with E-state index >= 15 is 0 Å². The summed E-state index contributed by atoms with van der Waals surface area (Å²) in [6, 6.07) is 14.2. The van der Waals surface area contributed by atoms with Crippen LogP contribution in [0.4, 0.5) is 23.1 Å². The molecule has 19 heteroatoms. The molecule has 4 N–H and O–H groups in total. The number of aryl methyl sites for hydroxylation is 1. The van der Waals surface area contributed by atoms with Crippen LogP contribution < -0.4 is 30.7 Å². The summed E-state index contributed by atoms with van der Waals surface area (Å²) < 4.78 is 38.3. The molecule has 1 aromatic heterocycles. The largest absolute Gasteiger partial charge is 0.491 e. The molecule has 3 aliphatic rings. The second-order valence-corrected chi connectivity index (χ2v) is 19.4. The maximum Gasteiger partial charge on any atom is 0.266 e. The Bertz CT molecular complexity index is 2600. The number of hydrogen-bond donors (Lipinski definition) is 4. The number of amides is 5. The van der Waals surface area contributed by atoms with Gasteiger partial charge in [-0.3, -0.25) is 39.1 Å². The van der Waals surface area contributed by atoms with Crippen molar-refractivity contribution in [1.82, 2.24) is 30.4 Å². The lowest BCUT2D eigenvalue weighted by molar-refractivity contribution is -0.136. The second kappa shape index (κ2) is 19.3. The number of aromatic nitrogens is 2. The molecule has 0 bridgehead atoms. The lowest BCUT2D eigenvalue weighted by Crippen LogP contribution is -2.54. The summed E-state index contributed by atoms with van der Waals surface area (Å²) in [7, 11) is -3.60. The quantitative estimate of drug-likeness (QED) is 0.0787. The predicted molar refractivity (Wildman–Crippen MR) is 239 cm³/mol. The normalized spacial score (nSPS) is 17.1. The van der Waals surface area contributed by atoms with Crippen LogP contribution >= 0.6 is 11.6 Å². The highest BCUT2D eigenvalue weighted by atomic mass is 35.5. The standard InChI is InChI=1S/C45H51ClN8O9S/c1-25(2)63-36-22-30(27(5)21-33(36)50-45-48-23-31(46)41(52-45)49-32-10-6-7-12-37(32)64(60,61)26(3)4)28-15-18-53(19-16-28)24-39(56)47-17-20-62-35-11-8-9-29-40(35)44(59)54(43(29)58)34-13-14-38(55)51-42(34)57/h6-12,21-23,25-26,28,34H,13-20,24H2,1-5H3,(H,47,56)(H,51,55,57)(H2,48,49,50,52). The number of carbonyl (C=O) groups excluding carboxylic acids is 5. The van der Waals surface area contributed by atoms with Crippen molar-refractivity contribution in [2.45, 2.75) is 88.5 Å². The van der Waals surface area contributed by atoms with Gasteiger partial charge in [0.1, 0.15) is 29.2 Å². The lowest BCUT2D eigenvalue weighted by Gasteiger charge is -2.33. The Morgan fingerprint density at radius 3 is 2.41 bits per heavy atom. The minimum Gasteiger partial charge on any atom is -0.491 e. The van der Waals surface area contributed by atoms with Crippen LogP contribution in [0.2, 0.25) is 5.02 Å². The zero-order valence-corrected chi connectivity index (χ0v) is 37.8. The minimum absolute atomic E-state index is 0.0195. The highest BCUT2D eigenvalue weighted by Gasteiger charge is 2.46. The van der Waals surface area contributed by atoms with Crippen molar-refractivity contribution in [3.05, 3.63) is 88.1 Å². The molecule has 1 unspecified atom stereocenters. The van der Waals surface area contributed by atoms with Gasteiger partial charge < -0.3 is 25.4 Å². The first kappa shape index (κ1) is 45.9. The molecule has 17 nitrogen and oxygen atoms in total. The van der Waals surface area contributed by atoms with Gasteiger partial charge in [-0.2, -0.15) is 4.98 Å². The molecule has 2 fully saturated rings. The van der Waals surface area contributed by atoms with Gasteiger partial charge in [-0.1, -0.05) is 29.8 Å². The maximum absolute atomic E-state index is 13.4. The molecule has 0 saturated carbocycles. The van der Waals surface area contributed by atoms with E-state index in [1.165, 1.54) is 12.3 Å². The number of carbonyl (C=O) groups is 5. The summed E-state index contributed by atoms with van der Waals surface area (Å²) >= 11 is 6.50. The van der Waals surface area contributed by atoms with E-state index < -0.39 is 44.8 Å². The monoisotopic (exact) mass is 914 g/mol. The predicted octanol–water partition coefficient (Wildman–Crippen LogP) is 5.67. The molecule has 4 heterocycles. The van der Waals surface area contributed by atoms with Gasteiger partial charge in [0.15, 0.2) is 15.7 Å². The fourth-order valence-corrected chi connectivity index (χ4v) is 9.38. The summed E-state index contributed by atoms with van der Waals surface area (Å²) in [5.74, 6) is -1.15. The Hall–Kier alpha value is -6.11. The maximum atomic E-state index is 13.4. The molecule has 3 aliphatic heterocycles. The van der Waals surface area contributed by atoms with Gasteiger partial charge in [0.05, 0.1) is 58.0 Å². The van der Waals surface area contributed by atoms with Crippen LogP contribution in [0.5, 0.6) is 11.5 Å². The van der Waals surface area contributed by atoms with E-state index in [1.54, 1.807) is 50.2 Å². The molecule has 4 aromatic rings. The van der Waals surface area contributed by atoms with Gasteiger partial charge in [-0.25, -0.2) is 13.4 Å². The van der Waals surface area contributed by atoms with Crippen LogP contribution in [0.1, 0.15) is 91.1 Å². The Morgan fingerprint density at radius 2 is 1.69 bits per heavy atom. The third-order valence-electron chi connectivity index (χ3n) is 11.3. The first-order chi connectivity index (χ1) is 30.5. The number of nitrogens with one attached hydrogen (secondary N) is 4. The lowest BCUT2D eigenvalue weighted by atomic mass is 9.86. The molecule has 7 rings (SSSR count). The van der Waals surface area contributed by atoms with Crippen molar-refractivity contribution in [1.29, 1.82) is 0 Å². The van der Waals surface area contributed by atoms with E-state index in [0.29, 0.717) is 30.2 Å². The van der Waals surface area contributed by atoms with Gasteiger partial charge in [0.25, 0.3) is 11.8 Å². The molecule has 1 atom stereocenters. The van der Waals surface area contributed by atoms with Gasteiger partial charge in [-0.15, -0.1) is 0 Å². The molecule has 2 saturated heterocycles. The van der Waals surface area contributed by atoms with Crippen LogP contribution in [-0.4, -0.2) is 108 Å². The first-order valence-electron chi connectivity index (χ1n) is 21.2. The summed E-state index contributed by atoms with van der Waals surface area (Å²) in [6.07, 6.45) is 3.00. The van der Waals surface area contributed by atoms with Crippen LogP contribution in [-0.2, 0) is 24.2 Å².